The molecule has 0 amide bonds. The molecule has 0 aliphatic carbocycles. The lowest BCUT2D eigenvalue weighted by atomic mass is 10.2. The Balaban J connectivity index is 2.32. The van der Waals surface area contributed by atoms with Gasteiger partial charge in [0.1, 0.15) is 12.4 Å². The van der Waals surface area contributed by atoms with E-state index < -0.39 is 0 Å². The first kappa shape index (κ1) is 15.5. The van der Waals surface area contributed by atoms with Crippen LogP contribution in [0.2, 0.25) is 0 Å². The van der Waals surface area contributed by atoms with Gasteiger partial charge in [-0.3, -0.25) is 0 Å². The molecule has 0 aliphatic heterocycles. The van der Waals surface area contributed by atoms with E-state index in [1.165, 1.54) is 0 Å². The first-order valence-electron chi connectivity index (χ1n) is 6.27. The largest absolute Gasteiger partial charge is 0.491 e. The smallest absolute Gasteiger partial charge is 0.338 e. The maximum Gasteiger partial charge on any atom is 0.338 e. The van der Waals surface area contributed by atoms with Gasteiger partial charge in [-0.15, -0.1) is 0 Å². The van der Waals surface area contributed by atoms with Crippen LogP contribution in [0.15, 0.2) is 24.3 Å². The molecular weight excluding hydrogens is 248 g/mol. The normalized spacial score (nSPS) is 10.2. The molecule has 0 aromatic heterocycles. The van der Waals surface area contributed by atoms with Gasteiger partial charge in [-0.05, 0) is 37.1 Å². The van der Waals surface area contributed by atoms with Gasteiger partial charge in [0.2, 0.25) is 0 Å². The fourth-order valence-corrected chi connectivity index (χ4v) is 1.45. The van der Waals surface area contributed by atoms with Crippen LogP contribution < -0.4 is 4.74 Å². The van der Waals surface area contributed by atoms with Crippen LogP contribution >= 0.6 is 0 Å². The summed E-state index contributed by atoms with van der Waals surface area (Å²) in [7, 11) is 1.65. The van der Waals surface area contributed by atoms with Crippen LogP contribution in [0, 0.1) is 0 Å². The van der Waals surface area contributed by atoms with Crippen LogP contribution in [0.1, 0.15) is 23.2 Å². The van der Waals surface area contributed by atoms with Crippen molar-refractivity contribution in [2.45, 2.75) is 12.8 Å². The molecule has 0 fully saturated rings. The van der Waals surface area contributed by atoms with Crippen molar-refractivity contribution in [3.8, 4) is 5.75 Å². The molecule has 1 rings (SSSR count). The second-order valence-corrected chi connectivity index (χ2v) is 3.93. The van der Waals surface area contributed by atoms with Crippen LogP contribution in [-0.4, -0.2) is 44.6 Å². The standard InChI is InChI=1S/C14H20O5/c1-17-9-2-3-10-19-14(16)12-4-6-13(7-5-12)18-11-8-15/h4-7,15H,2-3,8-11H2,1H3. The number of hydrogen-bond acceptors (Lipinski definition) is 5. The Kier molecular flexibility index (Phi) is 7.62. The number of aliphatic hydroxyl groups is 1. The van der Waals surface area contributed by atoms with E-state index in [0.29, 0.717) is 24.5 Å². The number of hydrogen-bond donors (Lipinski definition) is 1. The molecule has 1 aromatic rings. The zero-order valence-corrected chi connectivity index (χ0v) is 11.1. The first-order chi connectivity index (χ1) is 9.27. The number of unbranched alkanes of at least 4 members (excludes halogenated alkanes) is 1. The summed E-state index contributed by atoms with van der Waals surface area (Å²) in [6.45, 7) is 1.27. The van der Waals surface area contributed by atoms with Crippen molar-refractivity contribution in [3.63, 3.8) is 0 Å². The molecule has 1 N–H and O–H groups in total. The molecule has 0 unspecified atom stereocenters. The van der Waals surface area contributed by atoms with Gasteiger partial charge in [-0.1, -0.05) is 0 Å². The lowest BCUT2D eigenvalue weighted by Gasteiger charge is -2.06. The monoisotopic (exact) mass is 268 g/mol. The summed E-state index contributed by atoms with van der Waals surface area (Å²) in [5.41, 5.74) is 0.489. The van der Waals surface area contributed by atoms with E-state index in [-0.39, 0.29) is 19.2 Å². The molecule has 0 spiro atoms. The number of benzene rings is 1. The summed E-state index contributed by atoms with van der Waals surface area (Å²) in [6.07, 6.45) is 1.66. The van der Waals surface area contributed by atoms with Crippen molar-refractivity contribution < 1.29 is 24.1 Å². The van der Waals surface area contributed by atoms with E-state index in [2.05, 4.69) is 0 Å². The molecule has 0 aliphatic rings. The van der Waals surface area contributed by atoms with Gasteiger partial charge in [-0.2, -0.15) is 0 Å². The Morgan fingerprint density at radius 3 is 2.42 bits per heavy atom. The van der Waals surface area contributed by atoms with Crippen molar-refractivity contribution in [2.75, 3.05) is 33.5 Å². The molecule has 106 valence electrons. The SMILES string of the molecule is COCCCCOC(=O)c1ccc(OCCO)cc1. The summed E-state index contributed by atoms with van der Waals surface area (Å²) in [5.74, 6) is 0.275. The predicted molar refractivity (Wildman–Crippen MR) is 70.4 cm³/mol. The Morgan fingerprint density at radius 1 is 1.11 bits per heavy atom. The van der Waals surface area contributed by atoms with Crippen molar-refractivity contribution in [3.05, 3.63) is 29.8 Å². The minimum absolute atomic E-state index is 0.0364. The highest BCUT2D eigenvalue weighted by atomic mass is 16.5. The van der Waals surface area contributed by atoms with Gasteiger partial charge < -0.3 is 19.3 Å². The third kappa shape index (κ3) is 6.22. The zero-order valence-electron chi connectivity index (χ0n) is 11.1. The third-order valence-corrected chi connectivity index (χ3v) is 2.43. The van der Waals surface area contributed by atoms with Crippen LogP contribution in [0.5, 0.6) is 5.75 Å². The third-order valence-electron chi connectivity index (χ3n) is 2.43. The number of methoxy groups -OCH3 is 1. The summed E-state index contributed by atoms with van der Waals surface area (Å²) in [4.78, 5) is 11.7. The van der Waals surface area contributed by atoms with Gasteiger partial charge in [-0.25, -0.2) is 4.79 Å². The van der Waals surface area contributed by atoms with Gasteiger partial charge in [0.15, 0.2) is 0 Å². The van der Waals surface area contributed by atoms with Crippen molar-refractivity contribution >= 4 is 5.97 Å². The topological polar surface area (TPSA) is 65.0 Å². The quantitative estimate of drug-likeness (QED) is 0.545. The first-order valence-corrected chi connectivity index (χ1v) is 6.27. The van der Waals surface area contributed by atoms with E-state index in [4.69, 9.17) is 19.3 Å². The van der Waals surface area contributed by atoms with Crippen LogP contribution in [0.3, 0.4) is 0 Å². The van der Waals surface area contributed by atoms with Gasteiger partial charge in [0.25, 0.3) is 0 Å². The maximum atomic E-state index is 11.7. The summed E-state index contributed by atoms with van der Waals surface area (Å²) in [6, 6.07) is 6.64. The van der Waals surface area contributed by atoms with Gasteiger partial charge >= 0.3 is 5.97 Å². The molecule has 0 radical (unpaired) electrons. The number of carbonyl (C=O) groups excluding carboxylic acids is 1. The number of carbonyl (C=O) groups is 1. The summed E-state index contributed by atoms with van der Waals surface area (Å²) < 4.78 is 15.2. The number of aliphatic hydroxyl groups excluding tert-OH is 1. The molecule has 5 heteroatoms. The van der Waals surface area contributed by atoms with Crippen molar-refractivity contribution in [2.24, 2.45) is 0 Å². The molecule has 0 heterocycles. The summed E-state index contributed by atoms with van der Waals surface area (Å²) in [5, 5.41) is 8.62. The van der Waals surface area contributed by atoms with E-state index >= 15 is 0 Å². The van der Waals surface area contributed by atoms with Crippen molar-refractivity contribution in [1.82, 2.24) is 0 Å². The minimum atomic E-state index is -0.342. The van der Waals surface area contributed by atoms with E-state index in [1.54, 1.807) is 31.4 Å². The lowest BCUT2D eigenvalue weighted by Crippen LogP contribution is -2.07. The zero-order chi connectivity index (χ0) is 13.9. The highest BCUT2D eigenvalue weighted by Crippen LogP contribution is 2.13. The average molecular weight is 268 g/mol. The number of ether oxygens (including phenoxy) is 3. The molecule has 0 bridgehead atoms. The molecular formula is C14H20O5. The average Bonchev–Trinajstić information content (AvgIpc) is 2.45. The second kappa shape index (κ2) is 9.35. The Bertz CT molecular complexity index is 361. The lowest BCUT2D eigenvalue weighted by molar-refractivity contribution is 0.0489. The highest BCUT2D eigenvalue weighted by molar-refractivity contribution is 5.89. The summed E-state index contributed by atoms with van der Waals surface area (Å²) >= 11 is 0. The van der Waals surface area contributed by atoms with Crippen LogP contribution in [0.25, 0.3) is 0 Å². The van der Waals surface area contributed by atoms with Crippen molar-refractivity contribution in [1.29, 1.82) is 0 Å². The number of esters is 1. The Hall–Kier alpha value is -1.59. The van der Waals surface area contributed by atoms with Gasteiger partial charge in [0, 0.05) is 13.7 Å². The molecule has 5 nitrogen and oxygen atoms in total. The molecule has 0 saturated carbocycles. The van der Waals surface area contributed by atoms with Crippen LogP contribution in [-0.2, 0) is 9.47 Å². The molecule has 19 heavy (non-hydrogen) atoms. The van der Waals surface area contributed by atoms with E-state index in [9.17, 15) is 4.79 Å². The Labute approximate surface area is 113 Å². The molecule has 0 atom stereocenters. The fourth-order valence-electron chi connectivity index (χ4n) is 1.45. The van der Waals surface area contributed by atoms with E-state index in [0.717, 1.165) is 12.8 Å². The molecule has 0 saturated heterocycles. The Morgan fingerprint density at radius 2 is 1.79 bits per heavy atom. The van der Waals surface area contributed by atoms with Gasteiger partial charge in [0.05, 0.1) is 18.8 Å². The van der Waals surface area contributed by atoms with Crippen LogP contribution in [0.4, 0.5) is 0 Å². The number of rotatable bonds is 9. The van der Waals surface area contributed by atoms with E-state index in [1.807, 2.05) is 0 Å². The second-order valence-electron chi connectivity index (χ2n) is 3.93. The predicted octanol–water partition coefficient (Wildman–Crippen LogP) is 1.64. The maximum absolute atomic E-state index is 11.7. The minimum Gasteiger partial charge on any atom is -0.491 e. The highest BCUT2D eigenvalue weighted by Gasteiger charge is 2.06. The fraction of sp³-hybridized carbons (Fsp3) is 0.500. The molecule has 1 aromatic carbocycles.